The van der Waals surface area contributed by atoms with Crippen molar-refractivity contribution in [1.29, 1.82) is 0 Å². The number of aromatic nitrogens is 1. The molecular weight excluding hydrogens is 512 g/mol. The molecular formula is C30H40N4O4S. The zero-order valence-corrected chi connectivity index (χ0v) is 24.6. The fourth-order valence-corrected chi connectivity index (χ4v) is 6.92. The van der Waals surface area contributed by atoms with Crippen LogP contribution in [0, 0.1) is 0 Å². The van der Waals surface area contributed by atoms with Gasteiger partial charge in [0, 0.05) is 54.1 Å². The summed E-state index contributed by atoms with van der Waals surface area (Å²) in [6.45, 7) is 5.19. The summed E-state index contributed by atoms with van der Waals surface area (Å²) < 4.78 is 36.0. The SMILES string of the molecule is CNC1(C)Cn2c(c(C3CCCCC3)c3ccc(C(=O)NS(=O)(=O)N(C)C)cc32)-c2ccc(OC)cc2C1C. The van der Waals surface area contributed by atoms with Crippen LogP contribution < -0.4 is 14.8 Å². The Bertz CT molecular complexity index is 1520. The average molecular weight is 553 g/mol. The van der Waals surface area contributed by atoms with Gasteiger partial charge in [-0.2, -0.15) is 12.7 Å². The second-order valence-corrected chi connectivity index (χ2v) is 13.4. The molecule has 1 aliphatic carbocycles. The maximum Gasteiger partial charge on any atom is 0.303 e. The monoisotopic (exact) mass is 552 g/mol. The fourth-order valence-electron chi connectivity index (χ4n) is 6.39. The van der Waals surface area contributed by atoms with Crippen LogP contribution in [-0.4, -0.2) is 57.0 Å². The quantitative estimate of drug-likeness (QED) is 0.449. The summed E-state index contributed by atoms with van der Waals surface area (Å²) in [4.78, 5) is 13.1. The first kappa shape index (κ1) is 27.7. The Morgan fingerprint density at radius 2 is 1.82 bits per heavy atom. The van der Waals surface area contributed by atoms with Gasteiger partial charge in [0.1, 0.15) is 5.75 Å². The van der Waals surface area contributed by atoms with Crippen LogP contribution >= 0.6 is 0 Å². The van der Waals surface area contributed by atoms with Crippen molar-refractivity contribution in [2.75, 3.05) is 28.3 Å². The van der Waals surface area contributed by atoms with Crippen LogP contribution in [0.25, 0.3) is 22.2 Å². The van der Waals surface area contributed by atoms with E-state index in [2.05, 4.69) is 40.6 Å². The Morgan fingerprint density at radius 1 is 1.10 bits per heavy atom. The lowest BCUT2D eigenvalue weighted by Crippen LogP contribution is -2.47. The molecule has 1 amide bonds. The maximum atomic E-state index is 13.1. The van der Waals surface area contributed by atoms with Gasteiger partial charge in [-0.15, -0.1) is 0 Å². The number of hydrogen-bond donors (Lipinski definition) is 2. The molecule has 2 unspecified atom stereocenters. The zero-order valence-electron chi connectivity index (χ0n) is 23.8. The zero-order chi connectivity index (χ0) is 28.1. The smallest absolute Gasteiger partial charge is 0.303 e. The van der Waals surface area contributed by atoms with Gasteiger partial charge in [-0.25, -0.2) is 4.72 Å². The van der Waals surface area contributed by atoms with Crippen molar-refractivity contribution in [3.8, 4) is 17.0 Å². The summed E-state index contributed by atoms with van der Waals surface area (Å²) in [6, 6.07) is 12.0. The van der Waals surface area contributed by atoms with Crippen molar-refractivity contribution >= 4 is 27.0 Å². The van der Waals surface area contributed by atoms with E-state index in [1.165, 1.54) is 55.7 Å². The van der Waals surface area contributed by atoms with E-state index >= 15 is 0 Å². The number of ether oxygens (including phenoxy) is 1. The van der Waals surface area contributed by atoms with Crippen LogP contribution in [0.3, 0.4) is 0 Å². The van der Waals surface area contributed by atoms with Crippen LogP contribution in [0.15, 0.2) is 36.4 Å². The summed E-state index contributed by atoms with van der Waals surface area (Å²) >= 11 is 0. The summed E-state index contributed by atoms with van der Waals surface area (Å²) in [5.74, 6) is 0.807. The van der Waals surface area contributed by atoms with E-state index in [9.17, 15) is 13.2 Å². The Balaban J connectivity index is 1.79. The third kappa shape index (κ3) is 4.74. The van der Waals surface area contributed by atoms with E-state index in [-0.39, 0.29) is 11.5 Å². The number of rotatable bonds is 6. The minimum absolute atomic E-state index is 0.179. The molecule has 2 heterocycles. The summed E-state index contributed by atoms with van der Waals surface area (Å²) in [5, 5.41) is 4.74. The highest BCUT2D eigenvalue weighted by Gasteiger charge is 2.39. The van der Waals surface area contributed by atoms with Crippen LogP contribution in [0.2, 0.25) is 0 Å². The average Bonchev–Trinajstić information content (AvgIpc) is 3.20. The first-order valence-corrected chi connectivity index (χ1v) is 15.2. The highest BCUT2D eigenvalue weighted by Crippen LogP contribution is 2.50. The maximum absolute atomic E-state index is 13.1. The summed E-state index contributed by atoms with van der Waals surface area (Å²) in [7, 11) is 2.59. The van der Waals surface area contributed by atoms with Gasteiger partial charge in [0.05, 0.1) is 12.8 Å². The Labute approximate surface area is 231 Å². The fraction of sp³-hybridized carbons (Fsp3) is 0.500. The molecule has 0 spiro atoms. The van der Waals surface area contributed by atoms with Crippen molar-refractivity contribution in [1.82, 2.24) is 18.9 Å². The second-order valence-electron chi connectivity index (χ2n) is 11.5. The van der Waals surface area contributed by atoms with Crippen molar-refractivity contribution in [3.05, 3.63) is 53.1 Å². The topological polar surface area (TPSA) is 92.7 Å². The van der Waals surface area contributed by atoms with Crippen LogP contribution in [0.5, 0.6) is 5.75 Å². The van der Waals surface area contributed by atoms with E-state index in [1.54, 1.807) is 13.2 Å². The van der Waals surface area contributed by atoms with E-state index in [4.69, 9.17) is 4.74 Å². The van der Waals surface area contributed by atoms with E-state index in [0.29, 0.717) is 18.0 Å². The van der Waals surface area contributed by atoms with Gasteiger partial charge < -0.3 is 14.6 Å². The largest absolute Gasteiger partial charge is 0.497 e. The van der Waals surface area contributed by atoms with Crippen molar-refractivity contribution in [3.63, 3.8) is 0 Å². The first-order valence-electron chi connectivity index (χ1n) is 13.8. The normalized spacial score (nSPS) is 21.9. The number of nitrogens with zero attached hydrogens (tertiary/aromatic N) is 2. The van der Waals surface area contributed by atoms with E-state index in [0.717, 1.165) is 33.8 Å². The Morgan fingerprint density at radius 3 is 2.46 bits per heavy atom. The number of carbonyl (C=O) groups excluding carboxylic acids is 1. The number of carbonyl (C=O) groups is 1. The van der Waals surface area contributed by atoms with Gasteiger partial charge in [-0.3, -0.25) is 4.79 Å². The molecule has 2 aromatic carbocycles. The summed E-state index contributed by atoms with van der Waals surface area (Å²) in [6.07, 6.45) is 5.96. The van der Waals surface area contributed by atoms with Crippen LogP contribution in [0.1, 0.15) is 79.3 Å². The molecule has 2 atom stereocenters. The lowest BCUT2D eigenvalue weighted by atomic mass is 9.78. The van der Waals surface area contributed by atoms with Crippen molar-refractivity contribution in [2.24, 2.45) is 0 Å². The van der Waals surface area contributed by atoms with Gasteiger partial charge in [0.15, 0.2) is 0 Å². The molecule has 1 aromatic heterocycles. The summed E-state index contributed by atoms with van der Waals surface area (Å²) in [5.41, 5.74) is 5.98. The highest BCUT2D eigenvalue weighted by atomic mass is 32.2. The number of methoxy groups -OCH3 is 1. The van der Waals surface area contributed by atoms with Crippen LogP contribution in [-0.2, 0) is 16.8 Å². The first-order chi connectivity index (χ1) is 18.5. The Kier molecular flexibility index (Phi) is 7.28. The molecule has 5 rings (SSSR count). The van der Waals surface area contributed by atoms with Gasteiger partial charge in [-0.05, 0) is 74.2 Å². The van der Waals surface area contributed by atoms with Crippen LogP contribution in [0.4, 0.5) is 0 Å². The molecule has 1 saturated carbocycles. The van der Waals surface area contributed by atoms with Gasteiger partial charge >= 0.3 is 10.2 Å². The second kappa shape index (κ2) is 10.3. The minimum Gasteiger partial charge on any atom is -0.497 e. The molecule has 8 nitrogen and oxygen atoms in total. The molecule has 2 N–H and O–H groups in total. The third-order valence-corrected chi connectivity index (χ3v) is 10.5. The van der Waals surface area contributed by atoms with Gasteiger partial charge in [0.25, 0.3) is 5.91 Å². The molecule has 1 aliphatic heterocycles. The highest BCUT2D eigenvalue weighted by molar-refractivity contribution is 7.87. The number of hydrogen-bond acceptors (Lipinski definition) is 5. The molecule has 1 fully saturated rings. The number of fused-ring (bicyclic) bond motifs is 5. The molecule has 39 heavy (non-hydrogen) atoms. The van der Waals surface area contributed by atoms with Crippen molar-refractivity contribution in [2.45, 2.75) is 69.9 Å². The molecule has 0 bridgehead atoms. The third-order valence-electron chi connectivity index (χ3n) is 9.08. The van der Waals surface area contributed by atoms with E-state index < -0.39 is 16.1 Å². The number of nitrogens with one attached hydrogen (secondary N) is 2. The van der Waals surface area contributed by atoms with E-state index in [1.807, 2.05) is 25.2 Å². The molecule has 2 aliphatic rings. The molecule has 0 saturated heterocycles. The predicted molar refractivity (Wildman–Crippen MR) is 156 cm³/mol. The van der Waals surface area contributed by atoms with Crippen molar-refractivity contribution < 1.29 is 17.9 Å². The molecule has 0 radical (unpaired) electrons. The van der Waals surface area contributed by atoms with Gasteiger partial charge in [0.2, 0.25) is 0 Å². The molecule has 3 aromatic rings. The number of amides is 1. The van der Waals surface area contributed by atoms with Gasteiger partial charge in [-0.1, -0.05) is 32.3 Å². The molecule has 9 heteroatoms. The predicted octanol–water partition coefficient (Wildman–Crippen LogP) is 5.00. The number of likely N-dealkylation sites (N-methyl/N-ethyl adjacent to an activating group) is 1. The lowest BCUT2D eigenvalue weighted by Gasteiger charge is -2.35. The molecule has 210 valence electrons. The lowest BCUT2D eigenvalue weighted by molar-refractivity contribution is 0.0980. The number of benzene rings is 2. The minimum atomic E-state index is -3.91. The Hall–Kier alpha value is -2.88. The standard InChI is InChI=1S/C30H40N4O4S/c1-19-25-17-22(38-6)13-15-23(25)28-27(20-10-8-7-9-11-20)24-14-12-21(29(35)32-39(36,37)33(4)5)16-26(24)34(28)18-30(19,2)31-3/h12-17,19-20,31H,7-11,18H2,1-6H3,(H,32,35).